The number of carbonyl (C=O) groups is 3. The molecule has 132 valence electrons. The fourth-order valence-electron chi connectivity index (χ4n) is 1.74. The first-order valence-corrected chi connectivity index (χ1v) is 8.51. The summed E-state index contributed by atoms with van der Waals surface area (Å²) in [7, 11) is 0. The van der Waals surface area contributed by atoms with Crippen molar-refractivity contribution in [3.8, 4) is 0 Å². The first-order valence-electron chi connectivity index (χ1n) is 7.52. The number of hydrogen-bond donors (Lipinski definition) is 2. The second-order valence-corrected chi connectivity index (χ2v) is 6.22. The Kier molecular flexibility index (Phi) is 7.09. The number of benzene rings is 1. The lowest BCUT2D eigenvalue weighted by Gasteiger charge is -2.07. The second-order valence-electron chi connectivity index (χ2n) is 5.05. The lowest BCUT2D eigenvalue weighted by atomic mass is 10.2. The Bertz CT molecular complexity index is 713. The summed E-state index contributed by atoms with van der Waals surface area (Å²) in [5.74, 6) is -1.10. The summed E-state index contributed by atoms with van der Waals surface area (Å²) in [6, 6.07) is 11.0. The van der Waals surface area contributed by atoms with Gasteiger partial charge in [-0.3, -0.25) is 25.2 Å². The lowest BCUT2D eigenvalue weighted by Crippen LogP contribution is -2.43. The van der Waals surface area contributed by atoms with Gasteiger partial charge in [0.1, 0.15) is 0 Å². The van der Waals surface area contributed by atoms with Crippen molar-refractivity contribution in [1.82, 2.24) is 10.9 Å². The Hall–Kier alpha value is -2.74. The van der Waals surface area contributed by atoms with Gasteiger partial charge in [0.05, 0.1) is 12.7 Å². The topological polar surface area (TPSA) is 97.6 Å². The first-order chi connectivity index (χ1) is 12.0. The summed E-state index contributed by atoms with van der Waals surface area (Å²) in [5.41, 5.74) is 5.46. The van der Waals surface area contributed by atoms with Gasteiger partial charge < -0.3 is 9.15 Å². The molecule has 0 unspecified atom stereocenters. The molecule has 0 aliphatic rings. The minimum Gasteiger partial charge on any atom is -0.459 e. The first kappa shape index (κ1) is 18.6. The van der Waals surface area contributed by atoms with Crippen molar-refractivity contribution in [2.75, 3.05) is 12.4 Å². The monoisotopic (exact) mass is 362 g/mol. The van der Waals surface area contributed by atoms with Crippen LogP contribution in [0.2, 0.25) is 0 Å². The summed E-state index contributed by atoms with van der Waals surface area (Å²) in [6.45, 7) is 1.54. The number of amides is 2. The third-order valence-corrected chi connectivity index (χ3v) is 4.03. The van der Waals surface area contributed by atoms with Crippen LogP contribution >= 0.6 is 11.8 Å². The van der Waals surface area contributed by atoms with Gasteiger partial charge in [0.15, 0.2) is 12.4 Å². The van der Waals surface area contributed by atoms with E-state index in [9.17, 15) is 14.4 Å². The van der Waals surface area contributed by atoms with Crippen molar-refractivity contribution in [2.24, 2.45) is 0 Å². The highest BCUT2D eigenvalue weighted by Gasteiger charge is 2.11. The molecular formula is C17H18N2O5S. The van der Waals surface area contributed by atoms with Gasteiger partial charge in [-0.1, -0.05) is 17.7 Å². The molecular weight excluding hydrogens is 344 g/mol. The van der Waals surface area contributed by atoms with Crippen LogP contribution in [0.15, 0.2) is 52.0 Å². The van der Waals surface area contributed by atoms with Crippen molar-refractivity contribution in [2.45, 2.75) is 18.2 Å². The van der Waals surface area contributed by atoms with E-state index in [0.717, 1.165) is 4.90 Å². The highest BCUT2D eigenvalue weighted by atomic mass is 32.2. The van der Waals surface area contributed by atoms with Crippen LogP contribution in [0.5, 0.6) is 0 Å². The van der Waals surface area contributed by atoms with Crippen molar-refractivity contribution in [3.63, 3.8) is 0 Å². The van der Waals surface area contributed by atoms with Crippen LogP contribution in [0.25, 0.3) is 0 Å². The van der Waals surface area contributed by atoms with E-state index in [1.165, 1.54) is 29.7 Å². The van der Waals surface area contributed by atoms with Crippen molar-refractivity contribution in [1.29, 1.82) is 0 Å². The highest BCUT2D eigenvalue weighted by Crippen LogP contribution is 2.19. The van der Waals surface area contributed by atoms with E-state index < -0.39 is 24.4 Å². The summed E-state index contributed by atoms with van der Waals surface area (Å²) < 4.78 is 9.71. The molecule has 0 saturated carbocycles. The van der Waals surface area contributed by atoms with Crippen LogP contribution in [0.4, 0.5) is 0 Å². The van der Waals surface area contributed by atoms with Gasteiger partial charge in [0.25, 0.3) is 5.91 Å². The molecule has 2 aromatic rings. The van der Waals surface area contributed by atoms with Gasteiger partial charge in [-0.15, -0.1) is 11.8 Å². The van der Waals surface area contributed by atoms with Gasteiger partial charge in [0.2, 0.25) is 0 Å². The molecule has 0 aliphatic carbocycles. The number of furan rings is 1. The molecule has 0 bridgehead atoms. The average Bonchev–Trinajstić information content (AvgIpc) is 3.14. The molecule has 0 aliphatic heterocycles. The second kappa shape index (κ2) is 9.53. The molecule has 2 rings (SSSR count). The minimum atomic E-state index is -0.639. The number of hydrazine groups is 1. The molecule has 1 heterocycles. The predicted octanol–water partition coefficient (Wildman–Crippen LogP) is 2.07. The summed E-state index contributed by atoms with van der Waals surface area (Å²) in [5, 5.41) is 0. The van der Waals surface area contributed by atoms with Crippen molar-refractivity contribution in [3.05, 3.63) is 54.0 Å². The molecule has 0 atom stereocenters. The van der Waals surface area contributed by atoms with E-state index in [2.05, 4.69) is 10.9 Å². The van der Waals surface area contributed by atoms with Crippen LogP contribution in [0.3, 0.4) is 0 Å². The number of hydrogen-bond acceptors (Lipinski definition) is 6. The Labute approximate surface area is 149 Å². The lowest BCUT2D eigenvalue weighted by molar-refractivity contribution is -0.148. The molecule has 7 nitrogen and oxygen atoms in total. The minimum absolute atomic E-state index is 0.0606. The quantitative estimate of drug-likeness (QED) is 0.445. The summed E-state index contributed by atoms with van der Waals surface area (Å²) in [4.78, 5) is 35.7. The molecule has 0 saturated heterocycles. The van der Waals surface area contributed by atoms with Gasteiger partial charge in [-0.25, -0.2) is 0 Å². The highest BCUT2D eigenvalue weighted by molar-refractivity contribution is 7.99. The standard InChI is InChI=1S/C17H18N2O5S/c1-12-4-6-13(7-5-12)25-10-8-16(21)24-11-15(20)18-19-17(22)14-3-2-9-23-14/h2-7,9H,8,10-11H2,1H3,(H,18,20)(H,19,22). The van der Waals surface area contributed by atoms with E-state index in [0.29, 0.717) is 5.75 Å². The number of aryl methyl sites for hydroxylation is 1. The number of esters is 1. The largest absolute Gasteiger partial charge is 0.459 e. The SMILES string of the molecule is Cc1ccc(SCCC(=O)OCC(=O)NNC(=O)c2ccco2)cc1. The molecule has 1 aromatic carbocycles. The zero-order chi connectivity index (χ0) is 18.1. The maximum atomic E-state index is 11.6. The number of ether oxygens (including phenoxy) is 1. The third kappa shape index (κ3) is 6.72. The summed E-state index contributed by atoms with van der Waals surface area (Å²) in [6.07, 6.45) is 1.53. The fourth-order valence-corrected chi connectivity index (χ4v) is 2.57. The Morgan fingerprint density at radius 2 is 1.88 bits per heavy atom. The molecule has 25 heavy (non-hydrogen) atoms. The number of carbonyl (C=O) groups excluding carboxylic acids is 3. The molecule has 0 radical (unpaired) electrons. The van der Waals surface area contributed by atoms with Crippen molar-refractivity contribution < 1.29 is 23.5 Å². The zero-order valence-corrected chi connectivity index (χ0v) is 14.4. The van der Waals surface area contributed by atoms with E-state index in [-0.39, 0.29) is 12.2 Å². The normalized spacial score (nSPS) is 10.1. The van der Waals surface area contributed by atoms with E-state index in [1.807, 2.05) is 31.2 Å². The average molecular weight is 362 g/mol. The number of nitrogens with one attached hydrogen (secondary N) is 2. The third-order valence-electron chi connectivity index (χ3n) is 3.02. The summed E-state index contributed by atoms with van der Waals surface area (Å²) >= 11 is 1.54. The van der Waals surface area contributed by atoms with Crippen LogP contribution < -0.4 is 10.9 Å². The van der Waals surface area contributed by atoms with Crippen molar-refractivity contribution >= 4 is 29.5 Å². The molecule has 0 spiro atoms. The van der Waals surface area contributed by atoms with E-state index >= 15 is 0 Å². The maximum absolute atomic E-state index is 11.6. The predicted molar refractivity (Wildman–Crippen MR) is 91.8 cm³/mol. The maximum Gasteiger partial charge on any atom is 0.307 e. The van der Waals surface area contributed by atoms with Crippen LogP contribution in [-0.4, -0.2) is 30.1 Å². The van der Waals surface area contributed by atoms with Gasteiger partial charge in [-0.05, 0) is 31.2 Å². The van der Waals surface area contributed by atoms with Gasteiger partial charge >= 0.3 is 11.9 Å². The number of rotatable bonds is 7. The van der Waals surface area contributed by atoms with Crippen LogP contribution in [0.1, 0.15) is 22.5 Å². The Morgan fingerprint density at radius 1 is 1.12 bits per heavy atom. The smallest absolute Gasteiger partial charge is 0.307 e. The molecule has 8 heteroatoms. The van der Waals surface area contributed by atoms with E-state index in [4.69, 9.17) is 9.15 Å². The molecule has 2 N–H and O–H groups in total. The van der Waals surface area contributed by atoms with E-state index in [1.54, 1.807) is 6.07 Å². The molecule has 0 fully saturated rings. The number of thioether (sulfide) groups is 1. The Balaban J connectivity index is 1.58. The molecule has 2 amide bonds. The van der Waals surface area contributed by atoms with Gasteiger partial charge in [0, 0.05) is 10.6 Å². The zero-order valence-electron chi connectivity index (χ0n) is 13.6. The Morgan fingerprint density at radius 3 is 2.56 bits per heavy atom. The van der Waals surface area contributed by atoms with Crippen LogP contribution in [0, 0.1) is 6.92 Å². The van der Waals surface area contributed by atoms with Gasteiger partial charge in [-0.2, -0.15) is 0 Å². The fraction of sp³-hybridized carbons (Fsp3) is 0.235. The molecule has 1 aromatic heterocycles. The van der Waals surface area contributed by atoms with Crippen LogP contribution in [-0.2, 0) is 14.3 Å².